The molecule has 1 aromatic carbocycles. The summed E-state index contributed by atoms with van der Waals surface area (Å²) in [6.07, 6.45) is 0. The molecule has 6 heteroatoms. The molecule has 0 fully saturated rings. The van der Waals surface area contributed by atoms with E-state index in [9.17, 15) is 13.0 Å². The summed E-state index contributed by atoms with van der Waals surface area (Å²) in [5, 5.41) is 0. The van der Waals surface area contributed by atoms with E-state index in [0.29, 0.717) is 0 Å². The third-order valence-electron chi connectivity index (χ3n) is 1.29. The molecule has 4 nitrogen and oxygen atoms in total. The Balaban J connectivity index is 0.00000144. The molecule has 0 aliphatic rings. The molecule has 1 rings (SSSR count). The predicted octanol–water partition coefficient (Wildman–Crippen LogP) is -2.13. The van der Waals surface area contributed by atoms with E-state index in [1.165, 1.54) is 12.1 Å². The van der Waals surface area contributed by atoms with Crippen molar-refractivity contribution in [1.29, 1.82) is 0 Å². The van der Waals surface area contributed by atoms with Crippen molar-refractivity contribution < 1.29 is 42.5 Å². The van der Waals surface area contributed by atoms with Crippen molar-refractivity contribution in [2.75, 3.05) is 4.72 Å². The van der Waals surface area contributed by atoms with Crippen LogP contribution in [0.1, 0.15) is 5.56 Å². The summed E-state index contributed by atoms with van der Waals surface area (Å²) in [5.41, 5.74) is 1.29. The quantitative estimate of drug-likeness (QED) is 0.447. The summed E-state index contributed by atoms with van der Waals surface area (Å²) in [7, 11) is -4.39. The van der Waals surface area contributed by atoms with Crippen molar-refractivity contribution in [2.45, 2.75) is 6.92 Å². The van der Waals surface area contributed by atoms with Gasteiger partial charge in [-0.1, -0.05) is 17.7 Å². The van der Waals surface area contributed by atoms with E-state index in [-0.39, 0.29) is 35.2 Å². The van der Waals surface area contributed by atoms with Crippen molar-refractivity contribution in [3.8, 4) is 0 Å². The van der Waals surface area contributed by atoms with Gasteiger partial charge in [-0.15, -0.1) is 0 Å². The van der Waals surface area contributed by atoms with Crippen LogP contribution in [-0.2, 0) is 10.3 Å². The predicted molar refractivity (Wildman–Crippen MR) is 44.5 cm³/mol. The van der Waals surface area contributed by atoms with Gasteiger partial charge in [0.25, 0.3) is 0 Å². The average molecular weight is 209 g/mol. The van der Waals surface area contributed by atoms with Crippen molar-refractivity contribution >= 4 is 16.0 Å². The van der Waals surface area contributed by atoms with E-state index in [1.54, 1.807) is 12.1 Å². The zero-order valence-electron chi connectivity index (χ0n) is 7.44. The van der Waals surface area contributed by atoms with Gasteiger partial charge in [-0.05, 0) is 19.1 Å². The van der Waals surface area contributed by atoms with Gasteiger partial charge in [-0.2, -0.15) is 0 Å². The summed E-state index contributed by atoms with van der Waals surface area (Å²) in [5.74, 6) is 0. The molecule has 0 saturated heterocycles. The van der Waals surface area contributed by atoms with Crippen molar-refractivity contribution in [3.63, 3.8) is 0 Å². The first-order valence-electron chi connectivity index (χ1n) is 3.28. The van der Waals surface area contributed by atoms with Gasteiger partial charge in [-0.25, -0.2) is 8.42 Å². The average Bonchev–Trinajstić information content (AvgIpc) is 1.91. The Bertz CT molecular complexity index is 360. The number of hydrogen-bond donors (Lipinski definition) is 1. The second kappa shape index (κ2) is 4.97. The number of rotatable bonds is 2. The molecule has 0 aromatic heterocycles. The fourth-order valence-corrected chi connectivity index (χ4v) is 1.19. The molecule has 0 aliphatic carbocycles. The largest absolute Gasteiger partial charge is 1.00 e. The number of aryl methyl sites for hydroxylation is 1. The Hall–Kier alpha value is -0.0700. The fraction of sp³-hybridized carbons (Fsp3) is 0.143. The minimum absolute atomic E-state index is 0. The molecule has 0 saturated carbocycles. The Morgan fingerprint density at radius 1 is 1.23 bits per heavy atom. The maximum atomic E-state index is 10.2. The van der Waals surface area contributed by atoms with Crippen molar-refractivity contribution in [1.82, 2.24) is 0 Å². The van der Waals surface area contributed by atoms with Crippen LogP contribution >= 0.6 is 0 Å². The number of benzene rings is 1. The van der Waals surface area contributed by atoms with Crippen LogP contribution in [0.3, 0.4) is 0 Å². The summed E-state index contributed by atoms with van der Waals surface area (Å²) in [4.78, 5) is 0. The van der Waals surface area contributed by atoms with E-state index >= 15 is 0 Å². The van der Waals surface area contributed by atoms with Gasteiger partial charge in [0, 0.05) is 5.69 Å². The molecule has 0 unspecified atom stereocenters. The molecule has 1 N–H and O–H groups in total. The molecular weight excluding hydrogens is 201 g/mol. The van der Waals surface area contributed by atoms with Gasteiger partial charge < -0.3 is 4.55 Å². The van der Waals surface area contributed by atoms with Crippen LogP contribution in [0.2, 0.25) is 0 Å². The van der Waals surface area contributed by atoms with E-state index in [1.807, 2.05) is 11.6 Å². The first kappa shape index (κ1) is 12.9. The molecule has 0 radical (unpaired) electrons. The van der Waals surface area contributed by atoms with Gasteiger partial charge in [-0.3, -0.25) is 4.72 Å². The van der Waals surface area contributed by atoms with Crippen LogP contribution in [-0.4, -0.2) is 13.0 Å². The summed E-state index contributed by atoms with van der Waals surface area (Å²) in [6, 6.07) is 6.50. The Labute approximate surface area is 99.5 Å². The minimum Gasteiger partial charge on any atom is -0.731 e. The zero-order valence-corrected chi connectivity index (χ0v) is 10.3. The van der Waals surface area contributed by atoms with E-state index in [4.69, 9.17) is 0 Å². The van der Waals surface area contributed by atoms with Gasteiger partial charge in [0.15, 0.2) is 10.3 Å². The molecule has 66 valence electrons. The summed E-state index contributed by atoms with van der Waals surface area (Å²) in [6.45, 7) is 1.87. The van der Waals surface area contributed by atoms with Gasteiger partial charge in [0.05, 0.1) is 0 Å². The van der Waals surface area contributed by atoms with Crippen molar-refractivity contribution in [2.24, 2.45) is 0 Å². The van der Waals surface area contributed by atoms with Crippen LogP contribution in [0.4, 0.5) is 5.69 Å². The molecule has 13 heavy (non-hydrogen) atoms. The number of nitrogens with one attached hydrogen (secondary N) is 1. The minimum atomic E-state index is -4.39. The third kappa shape index (κ3) is 5.28. The maximum Gasteiger partial charge on any atom is 1.00 e. The first-order chi connectivity index (χ1) is 5.47. The molecule has 0 atom stereocenters. The van der Waals surface area contributed by atoms with Crippen LogP contribution < -0.4 is 34.3 Å². The fourth-order valence-electron chi connectivity index (χ4n) is 0.766. The van der Waals surface area contributed by atoms with Crippen LogP contribution in [0.25, 0.3) is 0 Å². The molecule has 0 bridgehead atoms. The van der Waals surface area contributed by atoms with E-state index < -0.39 is 10.3 Å². The first-order valence-corrected chi connectivity index (χ1v) is 4.68. The second-order valence-corrected chi connectivity index (χ2v) is 3.53. The number of anilines is 1. The number of hydrogen-bond acceptors (Lipinski definition) is 3. The third-order valence-corrected chi connectivity index (χ3v) is 1.78. The molecule has 0 heterocycles. The van der Waals surface area contributed by atoms with Gasteiger partial charge in [0.1, 0.15) is 0 Å². The molecule has 1 aromatic rings. The van der Waals surface area contributed by atoms with Gasteiger partial charge in [0.2, 0.25) is 0 Å². The Morgan fingerprint density at radius 2 is 1.69 bits per heavy atom. The van der Waals surface area contributed by atoms with Crippen LogP contribution in [0.15, 0.2) is 24.3 Å². The molecular formula is C7H8NNaO3S. The topological polar surface area (TPSA) is 69.2 Å². The molecule has 0 spiro atoms. The molecule has 0 amide bonds. The second-order valence-electron chi connectivity index (χ2n) is 2.42. The summed E-state index contributed by atoms with van der Waals surface area (Å²) < 4.78 is 32.5. The van der Waals surface area contributed by atoms with Gasteiger partial charge >= 0.3 is 29.6 Å². The summed E-state index contributed by atoms with van der Waals surface area (Å²) >= 11 is 0. The normalized spacial score (nSPS) is 10.3. The van der Waals surface area contributed by atoms with E-state index in [0.717, 1.165) is 5.56 Å². The zero-order chi connectivity index (χ0) is 9.19. The SMILES string of the molecule is Cc1ccc(NS(=O)(=O)[O-])cc1.[Na+]. The van der Waals surface area contributed by atoms with Crippen LogP contribution in [0.5, 0.6) is 0 Å². The maximum absolute atomic E-state index is 10.2. The standard InChI is InChI=1S/C7H9NO3S.Na/c1-6-2-4-7(5-3-6)8-12(9,10)11;/h2-5,8H,1H3,(H,9,10,11);/q;+1/p-1. The van der Waals surface area contributed by atoms with Crippen LogP contribution in [0, 0.1) is 6.92 Å². The monoisotopic (exact) mass is 209 g/mol. The Morgan fingerprint density at radius 3 is 2.08 bits per heavy atom. The van der Waals surface area contributed by atoms with E-state index in [2.05, 4.69) is 0 Å². The smallest absolute Gasteiger partial charge is 0.731 e. The molecule has 0 aliphatic heterocycles. The Kier molecular flexibility index (Phi) is 4.95. The van der Waals surface area contributed by atoms with Crippen molar-refractivity contribution in [3.05, 3.63) is 29.8 Å².